The Balaban J connectivity index is 1.12. The van der Waals surface area contributed by atoms with E-state index in [1.165, 1.54) is 44.9 Å². The van der Waals surface area contributed by atoms with Crippen molar-refractivity contribution in [2.45, 2.75) is 63.3 Å². The van der Waals surface area contributed by atoms with E-state index in [1.54, 1.807) is 0 Å². The fourth-order valence-corrected chi connectivity index (χ4v) is 6.32. The van der Waals surface area contributed by atoms with Crippen LogP contribution in [-0.2, 0) is 9.53 Å². The van der Waals surface area contributed by atoms with Crippen LogP contribution in [0.3, 0.4) is 0 Å². The highest BCUT2D eigenvalue weighted by atomic mass is 16.6. The molecule has 0 radical (unpaired) electrons. The fraction of sp³-hybridized carbons (Fsp3) is 0.895. The van der Waals surface area contributed by atoms with Crippen LogP contribution >= 0.6 is 0 Å². The number of nitrogens with zero attached hydrogens (tertiary/aromatic N) is 1. The highest BCUT2D eigenvalue weighted by Crippen LogP contribution is 2.53. The van der Waals surface area contributed by atoms with Gasteiger partial charge in [-0.25, -0.2) is 4.79 Å². The lowest BCUT2D eigenvalue weighted by molar-refractivity contribution is -0.153. The second-order valence-corrected chi connectivity index (χ2v) is 9.33. The van der Waals surface area contributed by atoms with Crippen molar-refractivity contribution in [2.75, 3.05) is 19.7 Å². The maximum atomic E-state index is 12.7. The first-order valence-corrected chi connectivity index (χ1v) is 9.80. The van der Waals surface area contributed by atoms with Crippen LogP contribution in [0.25, 0.3) is 0 Å². The summed E-state index contributed by atoms with van der Waals surface area (Å²) in [4.78, 5) is 26.0. The molecule has 5 rings (SSSR count). The monoisotopic (exact) mass is 332 g/mol. The quantitative estimate of drug-likeness (QED) is 0.846. The Morgan fingerprint density at radius 1 is 1.08 bits per heavy atom. The molecule has 2 saturated heterocycles. The van der Waals surface area contributed by atoms with Gasteiger partial charge in [-0.05, 0) is 43.9 Å². The van der Waals surface area contributed by atoms with Crippen molar-refractivity contribution in [1.29, 1.82) is 0 Å². The highest BCUT2D eigenvalue weighted by Gasteiger charge is 2.57. The van der Waals surface area contributed by atoms with Crippen LogP contribution in [0.1, 0.15) is 57.8 Å². The largest absolute Gasteiger partial charge is 0.447 e. The molecule has 1 atom stereocenters. The van der Waals surface area contributed by atoms with Gasteiger partial charge in [0.15, 0.2) is 0 Å². The number of amides is 2. The number of cyclic esters (lactones) is 1. The van der Waals surface area contributed by atoms with Crippen molar-refractivity contribution in [3.8, 4) is 0 Å². The Hall–Kier alpha value is -1.26. The first-order valence-electron chi connectivity index (χ1n) is 9.80. The van der Waals surface area contributed by atoms with Crippen LogP contribution in [-0.4, -0.2) is 42.1 Å². The molecule has 3 aliphatic carbocycles. The molecule has 0 aromatic carbocycles. The first-order chi connectivity index (χ1) is 11.6. The van der Waals surface area contributed by atoms with Gasteiger partial charge in [-0.2, -0.15) is 0 Å². The van der Waals surface area contributed by atoms with Crippen molar-refractivity contribution in [2.24, 2.45) is 23.2 Å². The van der Waals surface area contributed by atoms with Crippen LogP contribution in [0.4, 0.5) is 4.79 Å². The van der Waals surface area contributed by atoms with Gasteiger partial charge in [0.2, 0.25) is 5.91 Å². The number of hydrogen-bond acceptors (Lipinski definition) is 3. The average Bonchev–Trinajstić information content (AvgIpc) is 3.21. The van der Waals surface area contributed by atoms with Crippen LogP contribution in [0, 0.1) is 23.2 Å². The van der Waals surface area contributed by atoms with Crippen molar-refractivity contribution >= 4 is 12.0 Å². The smallest absolute Gasteiger partial charge is 0.407 e. The highest BCUT2D eigenvalue weighted by molar-refractivity contribution is 5.82. The summed E-state index contributed by atoms with van der Waals surface area (Å²) in [5.74, 6) is 2.32. The summed E-state index contributed by atoms with van der Waals surface area (Å²) in [6, 6.07) is 0. The molecule has 2 aliphatic heterocycles. The lowest BCUT2D eigenvalue weighted by Crippen LogP contribution is -2.63. The topological polar surface area (TPSA) is 58.6 Å². The zero-order chi connectivity index (χ0) is 16.4. The van der Waals surface area contributed by atoms with Crippen molar-refractivity contribution in [1.82, 2.24) is 10.2 Å². The molecule has 2 heterocycles. The molecule has 0 aromatic rings. The van der Waals surface area contributed by atoms with Gasteiger partial charge in [-0.1, -0.05) is 25.7 Å². The summed E-state index contributed by atoms with van der Waals surface area (Å²) in [6.45, 7) is 2.41. The molecular weight excluding hydrogens is 304 g/mol. The third-order valence-electron chi connectivity index (χ3n) is 7.64. The Morgan fingerprint density at radius 2 is 1.83 bits per heavy atom. The molecule has 5 heteroatoms. The number of nitrogens with one attached hydrogen (secondary N) is 1. The number of alkyl carbamates (subject to hydrolysis) is 1. The molecule has 5 fully saturated rings. The Kier molecular flexibility index (Phi) is 3.21. The van der Waals surface area contributed by atoms with Gasteiger partial charge in [-0.15, -0.1) is 0 Å². The van der Waals surface area contributed by atoms with E-state index < -0.39 is 0 Å². The lowest BCUT2D eigenvalue weighted by Gasteiger charge is -2.52. The van der Waals surface area contributed by atoms with Gasteiger partial charge in [0.05, 0.1) is 5.54 Å². The molecule has 0 bridgehead atoms. The van der Waals surface area contributed by atoms with Crippen molar-refractivity contribution in [3.63, 3.8) is 0 Å². The minimum Gasteiger partial charge on any atom is -0.447 e. The zero-order valence-electron chi connectivity index (χ0n) is 14.4. The molecule has 3 saturated carbocycles. The number of hydrogen-bond donors (Lipinski definition) is 1. The molecule has 132 valence electrons. The summed E-state index contributed by atoms with van der Waals surface area (Å²) in [6.07, 6.45) is 11.0. The van der Waals surface area contributed by atoms with E-state index >= 15 is 0 Å². The minimum absolute atomic E-state index is 0.0939. The van der Waals surface area contributed by atoms with Gasteiger partial charge in [0.25, 0.3) is 0 Å². The Labute approximate surface area is 143 Å². The van der Waals surface area contributed by atoms with E-state index in [4.69, 9.17) is 4.74 Å². The number of carbonyl (C=O) groups excluding carboxylic acids is 2. The van der Waals surface area contributed by atoms with E-state index in [9.17, 15) is 9.59 Å². The summed E-state index contributed by atoms with van der Waals surface area (Å²) in [5.41, 5.74) is 0.218. The molecule has 2 amide bonds. The molecule has 0 aromatic heterocycles. The maximum Gasteiger partial charge on any atom is 0.407 e. The molecule has 5 aliphatic rings. The third-order valence-corrected chi connectivity index (χ3v) is 7.64. The van der Waals surface area contributed by atoms with Gasteiger partial charge in [0, 0.05) is 24.4 Å². The molecule has 2 spiro atoms. The van der Waals surface area contributed by atoms with E-state index in [-0.39, 0.29) is 17.6 Å². The number of likely N-dealkylation sites (tertiary alicyclic amines) is 1. The molecule has 1 unspecified atom stereocenters. The van der Waals surface area contributed by atoms with Crippen molar-refractivity contribution < 1.29 is 14.3 Å². The normalized spacial score (nSPS) is 40.5. The first kappa shape index (κ1) is 15.0. The number of rotatable bonds is 2. The predicted molar refractivity (Wildman–Crippen MR) is 88.3 cm³/mol. The number of ether oxygens (including phenoxy) is 1. The minimum atomic E-state index is -0.326. The van der Waals surface area contributed by atoms with E-state index in [2.05, 4.69) is 10.2 Å². The van der Waals surface area contributed by atoms with E-state index in [1.807, 2.05) is 0 Å². The fourth-order valence-electron chi connectivity index (χ4n) is 6.32. The molecule has 5 nitrogen and oxygen atoms in total. The zero-order valence-corrected chi connectivity index (χ0v) is 14.4. The standard InChI is InChI=1S/C19H28N2O3/c22-16(15-8-19(9-15)12-24-17(23)20-19)21-10-18(11-21)6-5-14(7-18)13-3-1-2-4-13/h13-15H,1-12H2,(H,20,23)/t14?,15-,19+. The van der Waals surface area contributed by atoms with Gasteiger partial charge < -0.3 is 15.0 Å². The Bertz CT molecular complexity index is 557. The van der Waals surface area contributed by atoms with Gasteiger partial charge in [-0.3, -0.25) is 4.79 Å². The summed E-state index contributed by atoms with van der Waals surface area (Å²) in [5, 5.41) is 2.88. The van der Waals surface area contributed by atoms with Crippen LogP contribution in [0.2, 0.25) is 0 Å². The third kappa shape index (κ3) is 2.26. The maximum absolute atomic E-state index is 12.7. The second-order valence-electron chi connectivity index (χ2n) is 9.33. The Morgan fingerprint density at radius 3 is 2.50 bits per heavy atom. The SMILES string of the molecule is O=C1N[C@]2(CO1)C[C@H](C(=O)N1CC3(CCC(C4CCCC4)C3)C1)C2. The lowest BCUT2D eigenvalue weighted by atomic mass is 9.67. The number of carbonyl (C=O) groups is 2. The van der Waals surface area contributed by atoms with Crippen LogP contribution < -0.4 is 5.32 Å². The predicted octanol–water partition coefficient (Wildman–Crippen LogP) is 2.69. The van der Waals surface area contributed by atoms with E-state index in [0.717, 1.165) is 37.8 Å². The summed E-state index contributed by atoms with van der Waals surface area (Å²) in [7, 11) is 0. The summed E-state index contributed by atoms with van der Waals surface area (Å²) < 4.78 is 5.00. The average molecular weight is 332 g/mol. The van der Waals surface area contributed by atoms with Crippen LogP contribution in [0.5, 0.6) is 0 Å². The van der Waals surface area contributed by atoms with Crippen molar-refractivity contribution in [3.05, 3.63) is 0 Å². The molecule has 24 heavy (non-hydrogen) atoms. The van der Waals surface area contributed by atoms with Gasteiger partial charge in [0.1, 0.15) is 6.61 Å². The summed E-state index contributed by atoms with van der Waals surface area (Å²) >= 11 is 0. The molecule has 1 N–H and O–H groups in total. The molecular formula is C19H28N2O3. The second kappa shape index (κ2) is 5.12. The van der Waals surface area contributed by atoms with Gasteiger partial charge >= 0.3 is 6.09 Å². The van der Waals surface area contributed by atoms with E-state index in [0.29, 0.717) is 17.9 Å². The van der Waals surface area contributed by atoms with Crippen LogP contribution in [0.15, 0.2) is 0 Å².